The molecule has 0 aliphatic rings. The summed E-state index contributed by atoms with van der Waals surface area (Å²) in [5.41, 5.74) is 0.617. The molecule has 0 saturated heterocycles. The van der Waals surface area contributed by atoms with Crippen LogP contribution in [0.25, 0.3) is 0 Å². The molecule has 0 amide bonds. The van der Waals surface area contributed by atoms with Crippen LogP contribution in [0.15, 0.2) is 36.4 Å². The van der Waals surface area contributed by atoms with Gasteiger partial charge in [0.15, 0.2) is 0 Å². The molecule has 0 aromatic heterocycles. The molecular weight excluding hydrogens is 290 g/mol. The second-order valence-corrected chi connectivity index (χ2v) is 4.85. The van der Waals surface area contributed by atoms with E-state index in [0.717, 1.165) is 0 Å². The smallest absolute Gasteiger partial charge is 0.142 e. The second kappa shape index (κ2) is 5.78. The fourth-order valence-corrected chi connectivity index (χ4v) is 2.09. The fraction of sp³-hybridized carbons (Fsp3) is 0.143. The van der Waals surface area contributed by atoms with Crippen LogP contribution in [0.5, 0.6) is 11.5 Å². The largest absolute Gasteiger partial charge is 0.457 e. The molecule has 100 valence electrons. The lowest BCUT2D eigenvalue weighted by molar-refractivity contribution is 0.199. The van der Waals surface area contributed by atoms with Gasteiger partial charge in [0.2, 0.25) is 0 Å². The second-order valence-electron chi connectivity index (χ2n) is 4.04. The predicted octanol–water partition coefficient (Wildman–Crippen LogP) is 4.98. The number of ether oxygens (including phenoxy) is 1. The topological polar surface area (TPSA) is 29.5 Å². The first kappa shape index (κ1) is 14.1. The molecule has 19 heavy (non-hydrogen) atoms. The summed E-state index contributed by atoms with van der Waals surface area (Å²) in [7, 11) is 0. The van der Waals surface area contributed by atoms with Gasteiger partial charge in [0.1, 0.15) is 17.3 Å². The van der Waals surface area contributed by atoms with Crippen molar-refractivity contribution in [1.82, 2.24) is 0 Å². The Labute approximate surface area is 120 Å². The van der Waals surface area contributed by atoms with Crippen molar-refractivity contribution in [1.29, 1.82) is 0 Å². The van der Waals surface area contributed by atoms with Gasteiger partial charge in [-0.1, -0.05) is 29.3 Å². The molecule has 0 aliphatic heterocycles. The molecule has 0 heterocycles. The summed E-state index contributed by atoms with van der Waals surface area (Å²) in [5, 5.41) is 9.86. The van der Waals surface area contributed by atoms with E-state index >= 15 is 0 Å². The van der Waals surface area contributed by atoms with E-state index in [9.17, 15) is 9.50 Å². The van der Waals surface area contributed by atoms with Crippen LogP contribution in [0.1, 0.15) is 18.6 Å². The Morgan fingerprint density at radius 3 is 2.16 bits per heavy atom. The molecule has 1 atom stereocenters. The van der Waals surface area contributed by atoms with E-state index < -0.39 is 11.9 Å². The van der Waals surface area contributed by atoms with Crippen LogP contribution in [-0.2, 0) is 0 Å². The zero-order chi connectivity index (χ0) is 14.0. The Bertz CT molecular complexity index is 600. The molecule has 0 radical (unpaired) electrons. The summed E-state index contributed by atoms with van der Waals surface area (Å²) in [5.74, 6) is 0.390. The maximum Gasteiger partial charge on any atom is 0.142 e. The molecule has 0 fully saturated rings. The fourth-order valence-electron chi connectivity index (χ4n) is 1.59. The van der Waals surface area contributed by atoms with E-state index in [4.69, 9.17) is 27.9 Å². The zero-order valence-corrected chi connectivity index (χ0v) is 11.5. The summed E-state index contributed by atoms with van der Waals surface area (Å²) < 4.78 is 18.5. The van der Waals surface area contributed by atoms with Crippen LogP contribution in [0.3, 0.4) is 0 Å². The van der Waals surface area contributed by atoms with Crippen LogP contribution in [0.2, 0.25) is 10.0 Å². The quantitative estimate of drug-likeness (QED) is 0.866. The van der Waals surface area contributed by atoms with Gasteiger partial charge in [-0.2, -0.15) is 0 Å². The Morgan fingerprint density at radius 2 is 1.63 bits per heavy atom. The first-order chi connectivity index (χ1) is 8.97. The number of aliphatic hydroxyl groups is 1. The van der Waals surface area contributed by atoms with Crippen LogP contribution in [0, 0.1) is 5.82 Å². The molecule has 2 aromatic rings. The van der Waals surface area contributed by atoms with Gasteiger partial charge in [-0.25, -0.2) is 4.39 Å². The molecule has 1 unspecified atom stereocenters. The number of hydrogen-bond donors (Lipinski definition) is 1. The van der Waals surface area contributed by atoms with E-state index in [1.807, 2.05) is 0 Å². The lowest BCUT2D eigenvalue weighted by Gasteiger charge is -2.10. The summed E-state index contributed by atoms with van der Waals surface area (Å²) >= 11 is 11.7. The minimum Gasteiger partial charge on any atom is -0.457 e. The predicted molar refractivity (Wildman–Crippen MR) is 73.6 cm³/mol. The van der Waals surface area contributed by atoms with Crippen molar-refractivity contribution in [2.45, 2.75) is 13.0 Å². The van der Waals surface area contributed by atoms with Gasteiger partial charge in [0.25, 0.3) is 0 Å². The van der Waals surface area contributed by atoms with Crippen molar-refractivity contribution in [3.63, 3.8) is 0 Å². The van der Waals surface area contributed by atoms with Crippen LogP contribution in [0.4, 0.5) is 4.39 Å². The lowest BCUT2D eigenvalue weighted by atomic mass is 10.1. The lowest BCUT2D eigenvalue weighted by Crippen LogP contribution is -1.93. The van der Waals surface area contributed by atoms with Gasteiger partial charge in [-0.05, 0) is 36.8 Å². The van der Waals surface area contributed by atoms with Crippen molar-refractivity contribution >= 4 is 23.2 Å². The standard InChI is InChI=1S/C14H11Cl2FO2/c1-8(18)11-4-2-9(6-12(11)15)19-10-3-5-14(17)13(16)7-10/h2-8,18H,1H3. The summed E-state index contributed by atoms with van der Waals surface area (Å²) in [6.45, 7) is 1.63. The van der Waals surface area contributed by atoms with Crippen LogP contribution >= 0.6 is 23.2 Å². The zero-order valence-electron chi connectivity index (χ0n) is 10.0. The normalized spacial score (nSPS) is 12.3. The molecule has 2 aromatic carbocycles. The van der Waals surface area contributed by atoms with Crippen molar-refractivity contribution < 1.29 is 14.2 Å². The van der Waals surface area contributed by atoms with Crippen LogP contribution in [-0.4, -0.2) is 5.11 Å². The highest BCUT2D eigenvalue weighted by Gasteiger charge is 2.09. The Kier molecular flexibility index (Phi) is 4.30. The average molecular weight is 301 g/mol. The number of benzene rings is 2. The van der Waals surface area contributed by atoms with Gasteiger partial charge >= 0.3 is 0 Å². The van der Waals surface area contributed by atoms with Gasteiger partial charge in [-0.3, -0.25) is 0 Å². The third-order valence-electron chi connectivity index (χ3n) is 2.55. The molecule has 0 saturated carbocycles. The molecule has 2 rings (SSSR count). The van der Waals surface area contributed by atoms with E-state index in [0.29, 0.717) is 22.1 Å². The molecule has 5 heteroatoms. The van der Waals surface area contributed by atoms with Gasteiger partial charge in [-0.15, -0.1) is 0 Å². The first-order valence-corrected chi connectivity index (χ1v) is 6.33. The molecule has 1 N–H and O–H groups in total. The Hall–Kier alpha value is -1.29. The number of halogens is 3. The van der Waals surface area contributed by atoms with Gasteiger partial charge in [0, 0.05) is 6.07 Å². The monoisotopic (exact) mass is 300 g/mol. The number of rotatable bonds is 3. The van der Waals surface area contributed by atoms with Crippen LogP contribution < -0.4 is 4.74 Å². The Balaban J connectivity index is 2.24. The highest BCUT2D eigenvalue weighted by molar-refractivity contribution is 6.31. The number of hydrogen-bond acceptors (Lipinski definition) is 2. The third-order valence-corrected chi connectivity index (χ3v) is 3.17. The molecule has 0 bridgehead atoms. The molecule has 0 aliphatic carbocycles. The highest BCUT2D eigenvalue weighted by Crippen LogP contribution is 2.31. The third kappa shape index (κ3) is 3.38. The minimum absolute atomic E-state index is 0.0100. The van der Waals surface area contributed by atoms with Crippen molar-refractivity contribution in [3.8, 4) is 11.5 Å². The van der Waals surface area contributed by atoms with Gasteiger partial charge in [0.05, 0.1) is 16.1 Å². The first-order valence-electron chi connectivity index (χ1n) is 5.58. The maximum absolute atomic E-state index is 13.0. The number of aliphatic hydroxyl groups excluding tert-OH is 1. The van der Waals surface area contributed by atoms with Crippen molar-refractivity contribution in [3.05, 3.63) is 57.8 Å². The van der Waals surface area contributed by atoms with E-state index in [2.05, 4.69) is 0 Å². The van der Waals surface area contributed by atoms with E-state index in [-0.39, 0.29) is 5.02 Å². The Morgan fingerprint density at radius 1 is 1.05 bits per heavy atom. The highest BCUT2D eigenvalue weighted by atomic mass is 35.5. The van der Waals surface area contributed by atoms with Gasteiger partial charge < -0.3 is 9.84 Å². The summed E-state index contributed by atoms with van der Waals surface area (Å²) in [6, 6.07) is 9.01. The van der Waals surface area contributed by atoms with Crippen molar-refractivity contribution in [2.75, 3.05) is 0 Å². The van der Waals surface area contributed by atoms with E-state index in [1.54, 1.807) is 25.1 Å². The SMILES string of the molecule is CC(O)c1ccc(Oc2ccc(F)c(Cl)c2)cc1Cl. The average Bonchev–Trinajstić information content (AvgIpc) is 2.33. The summed E-state index contributed by atoms with van der Waals surface area (Å²) in [4.78, 5) is 0. The van der Waals surface area contributed by atoms with Crippen molar-refractivity contribution in [2.24, 2.45) is 0 Å². The summed E-state index contributed by atoms with van der Waals surface area (Å²) in [6.07, 6.45) is -0.651. The molecular formula is C14H11Cl2FO2. The molecule has 0 spiro atoms. The minimum atomic E-state index is -0.651. The maximum atomic E-state index is 13.0. The van der Waals surface area contributed by atoms with E-state index in [1.165, 1.54) is 18.2 Å². The molecule has 2 nitrogen and oxygen atoms in total.